The third-order valence-electron chi connectivity index (χ3n) is 5.46. The quantitative estimate of drug-likeness (QED) is 0.395. The van der Waals surface area contributed by atoms with Gasteiger partial charge in [-0.3, -0.25) is 9.69 Å². The number of likely N-dealkylation sites (N-methyl/N-ethyl adjacent to an activating group) is 1. The van der Waals surface area contributed by atoms with E-state index in [2.05, 4.69) is 48.1 Å². The van der Waals surface area contributed by atoms with Crippen molar-refractivity contribution in [2.75, 3.05) is 20.2 Å². The number of benzene rings is 1. The summed E-state index contributed by atoms with van der Waals surface area (Å²) in [5.74, 6) is -0.206. The summed E-state index contributed by atoms with van der Waals surface area (Å²) in [6.45, 7) is 5.03. The molecular formula is C25H29ClN2O2S2. The van der Waals surface area contributed by atoms with Gasteiger partial charge in [0.15, 0.2) is 0 Å². The molecule has 3 aromatic rings. The Hall–Kier alpha value is -1.96. The Morgan fingerprint density at radius 3 is 2.28 bits per heavy atom. The Kier molecular flexibility index (Phi) is 9.08. The average Bonchev–Trinajstić information content (AvgIpc) is 3.39. The number of halogens is 1. The molecule has 0 fully saturated rings. The van der Waals surface area contributed by atoms with Crippen molar-refractivity contribution < 1.29 is 9.90 Å². The van der Waals surface area contributed by atoms with Gasteiger partial charge in [0.05, 0.1) is 6.61 Å². The van der Waals surface area contributed by atoms with Crippen LogP contribution in [0, 0.1) is 13.8 Å². The van der Waals surface area contributed by atoms with Crippen molar-refractivity contribution in [1.29, 1.82) is 0 Å². The van der Waals surface area contributed by atoms with Crippen LogP contribution in [-0.4, -0.2) is 42.2 Å². The lowest BCUT2D eigenvalue weighted by Crippen LogP contribution is -2.47. The smallest absolute Gasteiger partial charge is 0.239 e. The number of hydrogen-bond acceptors (Lipinski definition) is 5. The predicted molar refractivity (Wildman–Crippen MR) is 137 cm³/mol. The van der Waals surface area contributed by atoms with E-state index >= 15 is 0 Å². The highest BCUT2D eigenvalue weighted by atomic mass is 35.5. The van der Waals surface area contributed by atoms with E-state index < -0.39 is 6.04 Å². The number of carbonyl (C=O) groups is 1. The first-order valence-electron chi connectivity index (χ1n) is 10.5. The fourth-order valence-corrected chi connectivity index (χ4v) is 5.73. The predicted octanol–water partition coefficient (Wildman–Crippen LogP) is 5.51. The van der Waals surface area contributed by atoms with Gasteiger partial charge in [-0.2, -0.15) is 0 Å². The van der Waals surface area contributed by atoms with Crippen LogP contribution in [0.2, 0.25) is 5.02 Å². The third-order valence-corrected chi connectivity index (χ3v) is 7.93. The minimum absolute atomic E-state index is 0.206. The van der Waals surface area contributed by atoms with E-state index in [-0.39, 0.29) is 12.5 Å². The molecule has 1 unspecified atom stereocenters. The van der Waals surface area contributed by atoms with Crippen LogP contribution in [0.4, 0.5) is 0 Å². The molecule has 7 heteroatoms. The summed E-state index contributed by atoms with van der Waals surface area (Å²) in [5.41, 5.74) is 4.65. The van der Waals surface area contributed by atoms with Gasteiger partial charge in [-0.25, -0.2) is 0 Å². The summed E-state index contributed by atoms with van der Waals surface area (Å²) in [4.78, 5) is 17.2. The van der Waals surface area contributed by atoms with Gasteiger partial charge in [0.1, 0.15) is 6.04 Å². The molecule has 4 nitrogen and oxygen atoms in total. The van der Waals surface area contributed by atoms with Crippen LogP contribution < -0.4 is 5.32 Å². The maximum absolute atomic E-state index is 12.7. The lowest BCUT2D eigenvalue weighted by Gasteiger charge is -2.25. The normalized spacial score (nSPS) is 12.1. The largest absolute Gasteiger partial charge is 0.394 e. The van der Waals surface area contributed by atoms with Gasteiger partial charge in [-0.1, -0.05) is 35.9 Å². The molecule has 32 heavy (non-hydrogen) atoms. The highest BCUT2D eigenvalue weighted by molar-refractivity contribution is 7.14. The Bertz CT molecular complexity index is 1030. The first-order chi connectivity index (χ1) is 15.4. The number of thiophene rings is 2. The number of carbonyl (C=O) groups excluding carboxylic acids is 1. The van der Waals surface area contributed by atoms with Crippen LogP contribution in [0.25, 0.3) is 5.57 Å². The molecule has 2 heterocycles. The average molecular weight is 489 g/mol. The van der Waals surface area contributed by atoms with E-state index in [0.29, 0.717) is 18.1 Å². The molecule has 0 saturated heterocycles. The number of aliphatic hydroxyl groups excluding tert-OH is 1. The molecule has 1 atom stereocenters. The minimum Gasteiger partial charge on any atom is -0.394 e. The van der Waals surface area contributed by atoms with Crippen molar-refractivity contribution in [2.24, 2.45) is 0 Å². The molecule has 0 saturated carbocycles. The SMILES string of the molecule is Cc1ccsc1C(=CCCN(C)C(CO)C(=O)NCc1ccccc1Cl)c1sccc1C. The zero-order valence-corrected chi connectivity index (χ0v) is 21.0. The van der Waals surface area contributed by atoms with Crippen molar-refractivity contribution >= 4 is 45.8 Å². The maximum atomic E-state index is 12.7. The Morgan fingerprint density at radius 1 is 1.12 bits per heavy atom. The third kappa shape index (κ3) is 6.09. The molecule has 2 N–H and O–H groups in total. The molecule has 1 aromatic carbocycles. The Morgan fingerprint density at radius 2 is 1.75 bits per heavy atom. The molecular weight excluding hydrogens is 460 g/mol. The van der Waals surface area contributed by atoms with E-state index in [0.717, 1.165) is 12.0 Å². The number of aryl methyl sites for hydroxylation is 2. The molecule has 2 aromatic heterocycles. The van der Waals surface area contributed by atoms with Gasteiger partial charge in [0, 0.05) is 33.4 Å². The van der Waals surface area contributed by atoms with E-state index in [1.54, 1.807) is 28.7 Å². The second-order valence-corrected chi connectivity index (χ2v) is 10.00. The van der Waals surface area contributed by atoms with Gasteiger partial charge < -0.3 is 10.4 Å². The lowest BCUT2D eigenvalue weighted by atomic mass is 10.1. The number of hydrogen-bond donors (Lipinski definition) is 2. The summed E-state index contributed by atoms with van der Waals surface area (Å²) < 4.78 is 0. The van der Waals surface area contributed by atoms with Crippen molar-refractivity contribution in [2.45, 2.75) is 32.9 Å². The van der Waals surface area contributed by atoms with E-state index in [4.69, 9.17) is 11.6 Å². The molecule has 0 aliphatic carbocycles. The van der Waals surface area contributed by atoms with Crippen molar-refractivity contribution in [3.05, 3.63) is 84.7 Å². The second-order valence-electron chi connectivity index (χ2n) is 7.76. The second kappa shape index (κ2) is 11.8. The van der Waals surface area contributed by atoms with Crippen molar-refractivity contribution in [3.63, 3.8) is 0 Å². The van der Waals surface area contributed by atoms with Gasteiger partial charge in [0.25, 0.3) is 0 Å². The summed E-state index contributed by atoms with van der Waals surface area (Å²) in [6.07, 6.45) is 3.03. The molecule has 0 bridgehead atoms. The van der Waals surface area contributed by atoms with E-state index in [1.165, 1.54) is 26.5 Å². The molecule has 0 radical (unpaired) electrons. The maximum Gasteiger partial charge on any atom is 0.239 e. The number of aliphatic hydroxyl groups is 1. The zero-order chi connectivity index (χ0) is 23.1. The van der Waals surface area contributed by atoms with Crippen molar-refractivity contribution in [3.8, 4) is 0 Å². The van der Waals surface area contributed by atoms with Gasteiger partial charge in [-0.15, -0.1) is 22.7 Å². The minimum atomic E-state index is -0.610. The zero-order valence-electron chi connectivity index (χ0n) is 18.6. The van der Waals surface area contributed by atoms with E-state index in [9.17, 15) is 9.90 Å². The fourth-order valence-electron chi connectivity index (χ4n) is 3.52. The van der Waals surface area contributed by atoms with Gasteiger partial charge in [0.2, 0.25) is 5.91 Å². The summed E-state index contributed by atoms with van der Waals surface area (Å²) >= 11 is 9.68. The molecule has 3 rings (SSSR count). The molecule has 0 aliphatic heterocycles. The number of rotatable bonds is 10. The van der Waals surface area contributed by atoms with Crippen LogP contribution >= 0.6 is 34.3 Å². The highest BCUT2D eigenvalue weighted by Crippen LogP contribution is 2.35. The summed E-state index contributed by atoms with van der Waals surface area (Å²) in [7, 11) is 1.87. The number of amides is 1. The number of nitrogens with one attached hydrogen (secondary N) is 1. The van der Waals surface area contributed by atoms with Gasteiger partial charge in [-0.05, 0) is 73.0 Å². The number of nitrogens with zero attached hydrogens (tertiary/aromatic N) is 1. The highest BCUT2D eigenvalue weighted by Gasteiger charge is 2.22. The molecule has 0 aliphatic rings. The molecule has 0 spiro atoms. The summed E-state index contributed by atoms with van der Waals surface area (Å²) in [6, 6.07) is 11.1. The van der Waals surface area contributed by atoms with Crippen LogP contribution in [0.5, 0.6) is 0 Å². The van der Waals surface area contributed by atoms with Crippen LogP contribution in [0.1, 0.15) is 32.9 Å². The van der Waals surface area contributed by atoms with Crippen molar-refractivity contribution in [1.82, 2.24) is 10.2 Å². The van der Waals surface area contributed by atoms with Crippen LogP contribution in [0.3, 0.4) is 0 Å². The first kappa shape index (κ1) is 24.7. The molecule has 170 valence electrons. The lowest BCUT2D eigenvalue weighted by molar-refractivity contribution is -0.127. The standard InChI is InChI=1S/C25H29ClN2O2S2/c1-17-10-13-31-23(17)20(24-18(2)11-14-32-24)8-6-12-28(3)22(16-29)25(30)27-15-19-7-4-5-9-21(19)26/h4-5,7-11,13-14,22,29H,6,12,15-16H2,1-3H3,(H,27,30). The van der Waals surface area contributed by atoms with Gasteiger partial charge >= 0.3 is 0 Å². The Labute approximate surface area is 203 Å². The monoisotopic (exact) mass is 488 g/mol. The van der Waals surface area contributed by atoms with Crippen LogP contribution in [-0.2, 0) is 11.3 Å². The topological polar surface area (TPSA) is 52.6 Å². The summed E-state index contributed by atoms with van der Waals surface area (Å²) in [5, 5.41) is 17.6. The first-order valence-corrected chi connectivity index (χ1v) is 12.7. The fraction of sp³-hybridized carbons (Fsp3) is 0.320. The van der Waals surface area contributed by atoms with E-state index in [1.807, 2.05) is 30.1 Å². The Balaban J connectivity index is 1.65. The molecule has 1 amide bonds. The van der Waals surface area contributed by atoms with Crippen LogP contribution in [0.15, 0.2) is 53.2 Å².